The molecule has 0 aromatic rings. The summed E-state index contributed by atoms with van der Waals surface area (Å²) in [5.74, 6) is 5.93. The molecule has 1 N–H and O–H groups in total. The number of ether oxygens (including phenoxy) is 1. The monoisotopic (exact) mass is 181 g/mol. The van der Waals surface area contributed by atoms with Gasteiger partial charge in [0.05, 0.1) is 6.10 Å². The molecule has 1 saturated heterocycles. The van der Waals surface area contributed by atoms with Crippen molar-refractivity contribution in [2.75, 3.05) is 13.2 Å². The van der Waals surface area contributed by atoms with Crippen molar-refractivity contribution in [3.8, 4) is 11.8 Å². The molecule has 2 nitrogen and oxygen atoms in total. The SMILES string of the molecule is CC#CCCNC(C)C1CCCO1. The van der Waals surface area contributed by atoms with E-state index in [1.165, 1.54) is 12.8 Å². The van der Waals surface area contributed by atoms with Crippen molar-refractivity contribution in [3.05, 3.63) is 0 Å². The van der Waals surface area contributed by atoms with Crippen LogP contribution in [0.2, 0.25) is 0 Å². The molecule has 0 aromatic carbocycles. The van der Waals surface area contributed by atoms with E-state index in [1.807, 2.05) is 6.92 Å². The zero-order valence-corrected chi connectivity index (χ0v) is 8.60. The first kappa shape index (κ1) is 10.6. The van der Waals surface area contributed by atoms with E-state index >= 15 is 0 Å². The Hall–Kier alpha value is -0.520. The summed E-state index contributed by atoms with van der Waals surface area (Å²) in [7, 11) is 0. The number of hydrogen-bond donors (Lipinski definition) is 1. The summed E-state index contributed by atoms with van der Waals surface area (Å²) in [5.41, 5.74) is 0. The van der Waals surface area contributed by atoms with Gasteiger partial charge in [0.15, 0.2) is 0 Å². The Bertz CT molecular complexity index is 186. The predicted molar refractivity (Wildman–Crippen MR) is 54.5 cm³/mol. The molecule has 0 spiro atoms. The van der Waals surface area contributed by atoms with Crippen molar-refractivity contribution in [1.82, 2.24) is 5.32 Å². The van der Waals surface area contributed by atoms with Crippen LogP contribution in [0.3, 0.4) is 0 Å². The highest BCUT2D eigenvalue weighted by atomic mass is 16.5. The maximum Gasteiger partial charge on any atom is 0.0726 e. The minimum absolute atomic E-state index is 0.426. The molecule has 0 aromatic heterocycles. The van der Waals surface area contributed by atoms with E-state index in [4.69, 9.17) is 4.74 Å². The van der Waals surface area contributed by atoms with Gasteiger partial charge in [-0.05, 0) is 26.7 Å². The van der Waals surface area contributed by atoms with E-state index in [0.717, 1.165) is 19.6 Å². The van der Waals surface area contributed by atoms with Gasteiger partial charge in [0.2, 0.25) is 0 Å². The summed E-state index contributed by atoms with van der Waals surface area (Å²) >= 11 is 0. The Morgan fingerprint density at radius 2 is 2.46 bits per heavy atom. The van der Waals surface area contributed by atoms with Crippen molar-refractivity contribution in [3.63, 3.8) is 0 Å². The van der Waals surface area contributed by atoms with Crippen LogP contribution in [0, 0.1) is 11.8 Å². The molecular weight excluding hydrogens is 162 g/mol. The topological polar surface area (TPSA) is 21.3 Å². The van der Waals surface area contributed by atoms with Crippen LogP contribution < -0.4 is 5.32 Å². The summed E-state index contributed by atoms with van der Waals surface area (Å²) < 4.78 is 5.57. The predicted octanol–water partition coefficient (Wildman–Crippen LogP) is 1.56. The van der Waals surface area contributed by atoms with Crippen LogP contribution in [0.25, 0.3) is 0 Å². The Kier molecular flexibility index (Phi) is 4.88. The maximum atomic E-state index is 5.57. The summed E-state index contributed by atoms with van der Waals surface area (Å²) in [5, 5.41) is 3.43. The number of rotatable bonds is 4. The highest BCUT2D eigenvalue weighted by molar-refractivity contribution is 4.95. The van der Waals surface area contributed by atoms with Crippen LogP contribution in [0.1, 0.15) is 33.1 Å². The lowest BCUT2D eigenvalue weighted by atomic mass is 10.1. The normalized spacial score (nSPS) is 23.7. The van der Waals surface area contributed by atoms with Crippen molar-refractivity contribution >= 4 is 0 Å². The van der Waals surface area contributed by atoms with Crippen molar-refractivity contribution < 1.29 is 4.74 Å². The van der Waals surface area contributed by atoms with Gasteiger partial charge in [-0.25, -0.2) is 0 Å². The third kappa shape index (κ3) is 3.80. The van der Waals surface area contributed by atoms with E-state index in [1.54, 1.807) is 0 Å². The van der Waals surface area contributed by atoms with E-state index in [0.29, 0.717) is 12.1 Å². The largest absolute Gasteiger partial charge is 0.377 e. The van der Waals surface area contributed by atoms with Gasteiger partial charge in [-0.3, -0.25) is 0 Å². The highest BCUT2D eigenvalue weighted by Gasteiger charge is 2.21. The van der Waals surface area contributed by atoms with Gasteiger partial charge < -0.3 is 10.1 Å². The fourth-order valence-corrected chi connectivity index (χ4v) is 1.62. The van der Waals surface area contributed by atoms with Crippen LogP contribution in [-0.2, 0) is 4.74 Å². The smallest absolute Gasteiger partial charge is 0.0726 e. The van der Waals surface area contributed by atoms with Crippen molar-refractivity contribution in [2.45, 2.75) is 45.3 Å². The fourth-order valence-electron chi connectivity index (χ4n) is 1.62. The molecule has 0 saturated carbocycles. The molecule has 74 valence electrons. The molecule has 1 aliphatic heterocycles. The van der Waals surface area contributed by atoms with Crippen LogP contribution >= 0.6 is 0 Å². The molecule has 1 rings (SSSR count). The zero-order chi connectivity index (χ0) is 9.52. The first-order valence-corrected chi connectivity index (χ1v) is 5.09. The second-order valence-electron chi connectivity index (χ2n) is 3.47. The Balaban J connectivity index is 2.08. The first-order valence-electron chi connectivity index (χ1n) is 5.09. The molecular formula is C11H19NO. The van der Waals surface area contributed by atoms with Crippen LogP contribution in [0.4, 0.5) is 0 Å². The van der Waals surface area contributed by atoms with Gasteiger partial charge in [0, 0.05) is 25.6 Å². The van der Waals surface area contributed by atoms with Crippen LogP contribution in [-0.4, -0.2) is 25.3 Å². The molecule has 13 heavy (non-hydrogen) atoms. The molecule has 1 heterocycles. The van der Waals surface area contributed by atoms with Crippen LogP contribution in [0.5, 0.6) is 0 Å². The standard InChI is InChI=1S/C11H19NO/c1-3-4-5-8-12-10(2)11-7-6-9-13-11/h10-12H,5-9H2,1-2H3. The number of nitrogens with one attached hydrogen (secondary N) is 1. The average Bonchev–Trinajstić information content (AvgIpc) is 2.65. The molecule has 0 radical (unpaired) electrons. The Labute approximate surface area is 81.0 Å². The fraction of sp³-hybridized carbons (Fsp3) is 0.818. The van der Waals surface area contributed by atoms with Crippen molar-refractivity contribution in [1.29, 1.82) is 0 Å². The summed E-state index contributed by atoms with van der Waals surface area (Å²) in [6.45, 7) is 5.98. The highest BCUT2D eigenvalue weighted by Crippen LogP contribution is 2.14. The minimum atomic E-state index is 0.426. The molecule has 2 heteroatoms. The van der Waals surface area contributed by atoms with Gasteiger partial charge in [0.25, 0.3) is 0 Å². The van der Waals surface area contributed by atoms with Crippen LogP contribution in [0.15, 0.2) is 0 Å². The summed E-state index contributed by atoms with van der Waals surface area (Å²) in [4.78, 5) is 0. The lowest BCUT2D eigenvalue weighted by molar-refractivity contribution is 0.0840. The molecule has 1 aliphatic rings. The van der Waals surface area contributed by atoms with E-state index < -0.39 is 0 Å². The minimum Gasteiger partial charge on any atom is -0.377 e. The van der Waals surface area contributed by atoms with E-state index in [2.05, 4.69) is 24.1 Å². The third-order valence-corrected chi connectivity index (χ3v) is 2.42. The summed E-state index contributed by atoms with van der Waals surface area (Å²) in [6, 6.07) is 0.473. The van der Waals surface area contributed by atoms with Gasteiger partial charge in [-0.15, -0.1) is 11.8 Å². The van der Waals surface area contributed by atoms with E-state index in [9.17, 15) is 0 Å². The molecule has 0 amide bonds. The van der Waals surface area contributed by atoms with Gasteiger partial charge >= 0.3 is 0 Å². The third-order valence-electron chi connectivity index (χ3n) is 2.42. The van der Waals surface area contributed by atoms with E-state index in [-0.39, 0.29) is 0 Å². The lowest BCUT2D eigenvalue weighted by Gasteiger charge is -2.19. The molecule has 0 aliphatic carbocycles. The summed E-state index contributed by atoms with van der Waals surface area (Å²) in [6.07, 6.45) is 3.78. The Morgan fingerprint density at radius 3 is 3.08 bits per heavy atom. The van der Waals surface area contributed by atoms with Gasteiger partial charge in [-0.1, -0.05) is 0 Å². The number of hydrogen-bond acceptors (Lipinski definition) is 2. The molecule has 1 fully saturated rings. The average molecular weight is 181 g/mol. The molecule has 0 bridgehead atoms. The maximum absolute atomic E-state index is 5.57. The second kappa shape index (κ2) is 6.01. The molecule has 2 unspecified atom stereocenters. The zero-order valence-electron chi connectivity index (χ0n) is 8.60. The second-order valence-corrected chi connectivity index (χ2v) is 3.47. The first-order chi connectivity index (χ1) is 6.34. The molecule has 2 atom stereocenters. The van der Waals surface area contributed by atoms with Gasteiger partial charge in [0.1, 0.15) is 0 Å². The lowest BCUT2D eigenvalue weighted by Crippen LogP contribution is -2.37. The van der Waals surface area contributed by atoms with Crippen molar-refractivity contribution in [2.24, 2.45) is 0 Å². The quantitative estimate of drug-likeness (QED) is 0.525. The van der Waals surface area contributed by atoms with Gasteiger partial charge in [-0.2, -0.15) is 0 Å². The Morgan fingerprint density at radius 1 is 1.62 bits per heavy atom.